The van der Waals surface area contributed by atoms with Crippen molar-refractivity contribution in [3.05, 3.63) is 59.1 Å². The number of rotatable bonds is 11. The van der Waals surface area contributed by atoms with Gasteiger partial charge in [-0.15, -0.1) is 0 Å². The monoisotopic (exact) mass is 509 g/mol. The molecular formula is C24H32ClN3O5S. The number of ether oxygens (including phenoxy) is 1. The van der Waals surface area contributed by atoms with Gasteiger partial charge in [-0.25, -0.2) is 8.42 Å². The van der Waals surface area contributed by atoms with Crippen LogP contribution in [0.1, 0.15) is 26.3 Å². The zero-order valence-corrected chi connectivity index (χ0v) is 21.7. The molecule has 1 N–H and O–H groups in total. The highest BCUT2D eigenvalue weighted by Crippen LogP contribution is 2.23. The van der Waals surface area contributed by atoms with Crippen LogP contribution in [0.2, 0.25) is 5.02 Å². The largest absolute Gasteiger partial charge is 0.497 e. The molecule has 0 saturated heterocycles. The van der Waals surface area contributed by atoms with Crippen LogP contribution in [0.5, 0.6) is 5.75 Å². The van der Waals surface area contributed by atoms with E-state index in [2.05, 4.69) is 5.32 Å². The molecule has 0 aliphatic heterocycles. The minimum atomic E-state index is -3.80. The number of nitrogens with one attached hydrogen (secondary N) is 1. The third kappa shape index (κ3) is 7.92. The van der Waals surface area contributed by atoms with Crippen molar-refractivity contribution in [3.63, 3.8) is 0 Å². The smallest absolute Gasteiger partial charge is 0.244 e. The summed E-state index contributed by atoms with van der Waals surface area (Å²) >= 11 is 6.04. The van der Waals surface area contributed by atoms with Gasteiger partial charge in [-0.3, -0.25) is 13.9 Å². The van der Waals surface area contributed by atoms with Crippen molar-refractivity contribution >= 4 is 39.1 Å². The van der Waals surface area contributed by atoms with Gasteiger partial charge in [0.15, 0.2) is 0 Å². The first-order valence-electron chi connectivity index (χ1n) is 10.9. The van der Waals surface area contributed by atoms with Crippen LogP contribution >= 0.6 is 11.6 Å². The molecule has 0 radical (unpaired) electrons. The highest BCUT2D eigenvalue weighted by Gasteiger charge is 2.30. The molecule has 2 rings (SSSR count). The van der Waals surface area contributed by atoms with E-state index >= 15 is 0 Å². The van der Waals surface area contributed by atoms with E-state index in [-0.39, 0.29) is 24.1 Å². The molecule has 34 heavy (non-hydrogen) atoms. The van der Waals surface area contributed by atoms with E-state index in [0.717, 1.165) is 16.1 Å². The number of nitrogens with zero attached hydrogens (tertiary/aromatic N) is 2. The lowest BCUT2D eigenvalue weighted by atomic mass is 10.1. The van der Waals surface area contributed by atoms with E-state index in [1.807, 2.05) is 13.8 Å². The Morgan fingerprint density at radius 3 is 2.26 bits per heavy atom. The molecule has 0 aliphatic rings. The topological polar surface area (TPSA) is 96.0 Å². The molecule has 0 saturated carbocycles. The molecule has 2 aromatic rings. The SMILES string of the molecule is COc1ccc(CN(C(=O)CN(c2cccc(Cl)c2)S(C)(=O)=O)C(C)C(=O)NCC(C)C)cc1. The lowest BCUT2D eigenvalue weighted by Gasteiger charge is -2.31. The summed E-state index contributed by atoms with van der Waals surface area (Å²) < 4.78 is 31.2. The van der Waals surface area contributed by atoms with Crippen LogP contribution in [-0.2, 0) is 26.2 Å². The Hall–Kier alpha value is -2.78. The molecule has 0 aliphatic carbocycles. The van der Waals surface area contributed by atoms with E-state index in [9.17, 15) is 18.0 Å². The number of benzene rings is 2. The molecule has 0 heterocycles. The molecule has 0 fully saturated rings. The maximum atomic E-state index is 13.5. The molecule has 10 heteroatoms. The molecule has 0 spiro atoms. The third-order valence-corrected chi connectivity index (χ3v) is 6.51. The highest BCUT2D eigenvalue weighted by atomic mass is 35.5. The normalized spacial score (nSPS) is 12.2. The van der Waals surface area contributed by atoms with Crippen LogP contribution in [0.15, 0.2) is 48.5 Å². The van der Waals surface area contributed by atoms with Gasteiger partial charge in [-0.05, 0) is 48.7 Å². The first-order chi connectivity index (χ1) is 15.9. The van der Waals surface area contributed by atoms with Gasteiger partial charge < -0.3 is 15.0 Å². The van der Waals surface area contributed by atoms with E-state index in [0.29, 0.717) is 17.3 Å². The Kier molecular flexibility index (Phi) is 9.76. The van der Waals surface area contributed by atoms with Crippen molar-refractivity contribution in [2.75, 3.05) is 30.8 Å². The molecule has 0 bridgehead atoms. The van der Waals surface area contributed by atoms with Gasteiger partial charge in [0, 0.05) is 18.1 Å². The molecule has 2 amide bonds. The van der Waals surface area contributed by atoms with Crippen LogP contribution < -0.4 is 14.4 Å². The quantitative estimate of drug-likeness (QED) is 0.501. The summed E-state index contributed by atoms with van der Waals surface area (Å²) in [4.78, 5) is 27.6. The van der Waals surface area contributed by atoms with Gasteiger partial charge in [0.25, 0.3) is 0 Å². The third-order valence-electron chi connectivity index (χ3n) is 5.14. The molecule has 1 atom stereocenters. The molecule has 0 aromatic heterocycles. The second-order valence-corrected chi connectivity index (χ2v) is 10.8. The number of halogens is 1. The number of carbonyl (C=O) groups is 2. The van der Waals surface area contributed by atoms with Crippen LogP contribution in [0, 0.1) is 5.92 Å². The highest BCUT2D eigenvalue weighted by molar-refractivity contribution is 7.92. The fraction of sp³-hybridized carbons (Fsp3) is 0.417. The van der Waals surface area contributed by atoms with E-state index in [4.69, 9.17) is 16.3 Å². The summed E-state index contributed by atoms with van der Waals surface area (Å²) in [6.07, 6.45) is 1.02. The minimum Gasteiger partial charge on any atom is -0.497 e. The van der Waals surface area contributed by atoms with Crippen LogP contribution in [0.25, 0.3) is 0 Å². The number of carbonyl (C=O) groups excluding carboxylic acids is 2. The summed E-state index contributed by atoms with van der Waals surface area (Å²) in [5.74, 6) is 0.0663. The Morgan fingerprint density at radius 1 is 1.09 bits per heavy atom. The summed E-state index contributed by atoms with van der Waals surface area (Å²) in [7, 11) is -2.25. The molecule has 8 nitrogen and oxygen atoms in total. The fourth-order valence-corrected chi connectivity index (χ4v) is 4.23. The Bertz CT molecular complexity index is 1090. The molecule has 1 unspecified atom stereocenters. The van der Waals surface area contributed by atoms with Crippen molar-refractivity contribution in [2.24, 2.45) is 5.92 Å². The molecule has 186 valence electrons. The second-order valence-electron chi connectivity index (χ2n) is 8.43. The number of amides is 2. The van der Waals surface area contributed by atoms with Crippen molar-refractivity contribution in [3.8, 4) is 5.75 Å². The van der Waals surface area contributed by atoms with Gasteiger partial charge in [0.2, 0.25) is 21.8 Å². The summed E-state index contributed by atoms with van der Waals surface area (Å²) in [6, 6.07) is 12.5. The number of sulfonamides is 1. The number of anilines is 1. The first-order valence-corrected chi connectivity index (χ1v) is 13.1. The summed E-state index contributed by atoms with van der Waals surface area (Å²) in [5.41, 5.74) is 1.04. The van der Waals surface area contributed by atoms with Gasteiger partial charge in [0.1, 0.15) is 18.3 Å². The zero-order valence-electron chi connectivity index (χ0n) is 20.1. The van der Waals surface area contributed by atoms with Crippen LogP contribution in [0.4, 0.5) is 5.69 Å². The van der Waals surface area contributed by atoms with Crippen LogP contribution in [0.3, 0.4) is 0 Å². The fourth-order valence-electron chi connectivity index (χ4n) is 3.21. The average molecular weight is 510 g/mol. The summed E-state index contributed by atoms with van der Waals surface area (Å²) in [5, 5.41) is 3.18. The Morgan fingerprint density at radius 2 is 1.74 bits per heavy atom. The molecular weight excluding hydrogens is 478 g/mol. The number of methoxy groups -OCH3 is 1. The van der Waals surface area contributed by atoms with Crippen molar-refractivity contribution < 1.29 is 22.7 Å². The van der Waals surface area contributed by atoms with Crippen molar-refractivity contribution in [2.45, 2.75) is 33.4 Å². The summed E-state index contributed by atoms with van der Waals surface area (Å²) in [6.45, 7) is 5.68. The predicted molar refractivity (Wildman–Crippen MR) is 134 cm³/mol. The lowest BCUT2D eigenvalue weighted by molar-refractivity contribution is -0.139. The van der Waals surface area contributed by atoms with E-state index in [1.54, 1.807) is 56.5 Å². The minimum absolute atomic E-state index is 0.117. The zero-order chi connectivity index (χ0) is 25.5. The van der Waals surface area contributed by atoms with Crippen molar-refractivity contribution in [1.82, 2.24) is 10.2 Å². The van der Waals surface area contributed by atoms with Gasteiger partial charge >= 0.3 is 0 Å². The standard InChI is InChI=1S/C24H32ClN3O5S/c1-17(2)14-26-24(30)18(3)27(15-19-9-11-22(33-4)12-10-19)23(29)16-28(34(5,31)32)21-8-6-7-20(25)13-21/h6-13,17-18H,14-16H2,1-5H3,(H,26,30). The maximum Gasteiger partial charge on any atom is 0.244 e. The van der Waals surface area contributed by atoms with E-state index < -0.39 is 28.5 Å². The Balaban J connectivity index is 2.36. The second kappa shape index (κ2) is 12.1. The lowest BCUT2D eigenvalue weighted by Crippen LogP contribution is -2.51. The van der Waals surface area contributed by atoms with Crippen molar-refractivity contribution in [1.29, 1.82) is 0 Å². The van der Waals surface area contributed by atoms with Gasteiger partial charge in [-0.2, -0.15) is 0 Å². The van der Waals surface area contributed by atoms with Gasteiger partial charge in [-0.1, -0.05) is 43.6 Å². The predicted octanol–water partition coefficient (Wildman–Crippen LogP) is 3.30. The van der Waals surface area contributed by atoms with Gasteiger partial charge in [0.05, 0.1) is 19.1 Å². The maximum absolute atomic E-state index is 13.5. The number of hydrogen-bond donors (Lipinski definition) is 1. The number of hydrogen-bond acceptors (Lipinski definition) is 5. The average Bonchev–Trinajstić information content (AvgIpc) is 2.78. The molecule has 2 aromatic carbocycles. The Labute approximate surface area is 206 Å². The first kappa shape index (κ1) is 27.5. The van der Waals surface area contributed by atoms with E-state index in [1.165, 1.54) is 11.0 Å². The van der Waals surface area contributed by atoms with Crippen LogP contribution in [-0.4, -0.2) is 57.6 Å².